The number of aryl methyl sites for hydroxylation is 1. The summed E-state index contributed by atoms with van der Waals surface area (Å²) >= 11 is 0. The van der Waals surface area contributed by atoms with E-state index in [0.29, 0.717) is 18.2 Å². The second-order valence-electron chi connectivity index (χ2n) is 8.33. The van der Waals surface area contributed by atoms with Crippen LogP contribution in [-0.2, 0) is 19.4 Å². The van der Waals surface area contributed by atoms with Gasteiger partial charge in [-0.15, -0.1) is 0 Å². The molecular formula is C24H31FN4. The molecule has 0 fully saturated rings. The van der Waals surface area contributed by atoms with Crippen molar-refractivity contribution in [2.24, 2.45) is 5.73 Å². The molecule has 2 aromatic rings. The summed E-state index contributed by atoms with van der Waals surface area (Å²) in [6, 6.07) is 13.2. The highest BCUT2D eigenvalue weighted by Gasteiger charge is 2.30. The summed E-state index contributed by atoms with van der Waals surface area (Å²) in [6.07, 6.45) is 6.02. The van der Waals surface area contributed by atoms with E-state index in [-0.39, 0.29) is 18.4 Å². The van der Waals surface area contributed by atoms with Crippen LogP contribution in [0.3, 0.4) is 0 Å². The molecule has 1 aliphatic carbocycles. The number of rotatable bonds is 6. The topological polar surface area (TPSA) is 54.2 Å². The van der Waals surface area contributed by atoms with Crippen LogP contribution in [0.15, 0.2) is 54.0 Å². The van der Waals surface area contributed by atoms with E-state index in [1.807, 2.05) is 12.3 Å². The fourth-order valence-corrected chi connectivity index (χ4v) is 4.60. The molecule has 0 bridgehead atoms. The molecule has 1 aliphatic heterocycles. The monoisotopic (exact) mass is 394 g/mol. The average Bonchev–Trinajstić information content (AvgIpc) is 2.77. The fourth-order valence-electron chi connectivity index (χ4n) is 4.60. The smallest absolute Gasteiger partial charge is 0.114 e. The Labute approximate surface area is 173 Å². The third-order valence-electron chi connectivity index (χ3n) is 6.34. The van der Waals surface area contributed by atoms with Crippen molar-refractivity contribution in [1.29, 1.82) is 0 Å². The van der Waals surface area contributed by atoms with Crippen molar-refractivity contribution in [2.45, 2.75) is 51.2 Å². The van der Waals surface area contributed by atoms with Crippen LogP contribution in [0.25, 0.3) is 0 Å². The van der Waals surface area contributed by atoms with Crippen LogP contribution in [-0.4, -0.2) is 35.6 Å². The van der Waals surface area contributed by atoms with Gasteiger partial charge in [0.2, 0.25) is 0 Å². The lowest BCUT2D eigenvalue weighted by atomic mass is 9.89. The number of benzene rings is 1. The number of hydrogen-bond acceptors (Lipinski definition) is 4. The van der Waals surface area contributed by atoms with Crippen molar-refractivity contribution in [3.05, 3.63) is 76.4 Å². The molecule has 0 saturated carbocycles. The van der Waals surface area contributed by atoms with E-state index in [1.165, 1.54) is 16.7 Å². The van der Waals surface area contributed by atoms with Gasteiger partial charge in [0.15, 0.2) is 0 Å². The number of nitrogens with zero attached hydrogens (tertiary/aromatic N) is 2. The Morgan fingerprint density at radius 1 is 1.21 bits per heavy atom. The summed E-state index contributed by atoms with van der Waals surface area (Å²) < 4.78 is 14.9. The molecule has 1 aromatic heterocycles. The second-order valence-corrected chi connectivity index (χ2v) is 8.33. The highest BCUT2D eigenvalue weighted by Crippen LogP contribution is 2.34. The van der Waals surface area contributed by atoms with E-state index in [1.54, 1.807) is 6.92 Å². The highest BCUT2D eigenvalue weighted by atomic mass is 19.1. The van der Waals surface area contributed by atoms with Crippen molar-refractivity contribution in [2.75, 3.05) is 19.6 Å². The van der Waals surface area contributed by atoms with Crippen molar-refractivity contribution >= 4 is 0 Å². The number of halogens is 1. The molecule has 4 nitrogen and oxygen atoms in total. The number of aromatic nitrogens is 1. The Morgan fingerprint density at radius 2 is 2.00 bits per heavy atom. The molecule has 2 heterocycles. The third-order valence-corrected chi connectivity index (χ3v) is 6.34. The van der Waals surface area contributed by atoms with Crippen LogP contribution in [0.1, 0.15) is 48.2 Å². The summed E-state index contributed by atoms with van der Waals surface area (Å²) in [5.41, 5.74) is 11.5. The minimum atomic E-state index is -0.105. The van der Waals surface area contributed by atoms with Gasteiger partial charge in [-0.25, -0.2) is 4.39 Å². The van der Waals surface area contributed by atoms with Crippen LogP contribution >= 0.6 is 0 Å². The van der Waals surface area contributed by atoms with Crippen LogP contribution in [0, 0.1) is 0 Å². The van der Waals surface area contributed by atoms with Crippen molar-refractivity contribution in [3.8, 4) is 0 Å². The van der Waals surface area contributed by atoms with E-state index in [0.717, 1.165) is 44.5 Å². The molecule has 2 atom stereocenters. The molecular weight excluding hydrogens is 363 g/mol. The van der Waals surface area contributed by atoms with Crippen molar-refractivity contribution < 1.29 is 4.39 Å². The molecule has 29 heavy (non-hydrogen) atoms. The number of nitrogens with one attached hydrogen (secondary N) is 1. The van der Waals surface area contributed by atoms with Gasteiger partial charge in [0.25, 0.3) is 0 Å². The molecule has 1 aromatic carbocycles. The average molecular weight is 395 g/mol. The lowest BCUT2D eigenvalue weighted by Crippen LogP contribution is -2.47. The first kappa shape index (κ1) is 20.2. The standard InChI is InChI=1S/C24H31FN4/c1-17(13-26)22(25)16-29(23-10-4-8-18-9-5-11-27-24(18)23)15-21-12-19-6-2-3-7-20(19)14-28-21/h2-3,5-7,9,11,21,23,28H,4,8,10,12-16,26H2,1H3/b22-17+/t21-,23+/m1/s1. The molecule has 2 aliphatic rings. The van der Waals surface area contributed by atoms with E-state index >= 15 is 0 Å². The van der Waals surface area contributed by atoms with Gasteiger partial charge in [-0.05, 0) is 60.9 Å². The number of pyridine rings is 1. The molecule has 0 amide bonds. The summed E-state index contributed by atoms with van der Waals surface area (Å²) in [5.74, 6) is -0.105. The lowest BCUT2D eigenvalue weighted by Gasteiger charge is -2.38. The third kappa shape index (κ3) is 4.58. The minimum absolute atomic E-state index is 0.105. The lowest BCUT2D eigenvalue weighted by molar-refractivity contribution is 0.157. The maximum atomic E-state index is 14.9. The summed E-state index contributed by atoms with van der Waals surface area (Å²) in [4.78, 5) is 6.98. The zero-order valence-electron chi connectivity index (χ0n) is 17.2. The van der Waals surface area contributed by atoms with E-state index in [2.05, 4.69) is 40.5 Å². The largest absolute Gasteiger partial charge is 0.327 e. The van der Waals surface area contributed by atoms with E-state index in [4.69, 9.17) is 10.7 Å². The SMILES string of the molecule is C/C(CN)=C(\F)CN(C[C@H]1Cc2ccccc2CN1)[C@H]1CCCc2cccnc21. The summed E-state index contributed by atoms with van der Waals surface area (Å²) in [5, 5.41) is 3.66. The Morgan fingerprint density at radius 3 is 2.83 bits per heavy atom. The van der Waals surface area contributed by atoms with Crippen molar-refractivity contribution in [3.63, 3.8) is 0 Å². The molecule has 0 spiro atoms. The molecule has 0 radical (unpaired) electrons. The predicted molar refractivity (Wildman–Crippen MR) is 115 cm³/mol. The van der Waals surface area contributed by atoms with E-state index in [9.17, 15) is 4.39 Å². The predicted octanol–water partition coefficient (Wildman–Crippen LogP) is 3.68. The maximum absolute atomic E-state index is 14.9. The minimum Gasteiger partial charge on any atom is -0.327 e. The van der Waals surface area contributed by atoms with Gasteiger partial charge < -0.3 is 11.1 Å². The van der Waals surface area contributed by atoms with E-state index < -0.39 is 0 Å². The molecule has 5 heteroatoms. The molecule has 3 N–H and O–H groups in total. The first-order valence-electron chi connectivity index (χ1n) is 10.7. The van der Waals surface area contributed by atoms with Gasteiger partial charge in [-0.3, -0.25) is 9.88 Å². The quantitative estimate of drug-likeness (QED) is 0.785. The van der Waals surface area contributed by atoms with Crippen LogP contribution in [0.5, 0.6) is 0 Å². The van der Waals surface area contributed by atoms with Crippen LogP contribution in [0.2, 0.25) is 0 Å². The first-order chi connectivity index (χ1) is 14.2. The molecule has 4 rings (SSSR count). The fraction of sp³-hybridized carbons (Fsp3) is 0.458. The normalized spacial score (nSPS) is 22.1. The number of nitrogens with two attached hydrogens (primary N) is 1. The Hall–Kier alpha value is -2.08. The zero-order chi connectivity index (χ0) is 20.2. The molecule has 0 saturated heterocycles. The van der Waals surface area contributed by atoms with Gasteiger partial charge in [0.05, 0.1) is 18.3 Å². The highest BCUT2D eigenvalue weighted by molar-refractivity contribution is 5.30. The zero-order valence-corrected chi connectivity index (χ0v) is 17.2. The number of fused-ring (bicyclic) bond motifs is 2. The maximum Gasteiger partial charge on any atom is 0.114 e. The van der Waals surface area contributed by atoms with Gasteiger partial charge in [-0.2, -0.15) is 0 Å². The van der Waals surface area contributed by atoms with Gasteiger partial charge >= 0.3 is 0 Å². The summed E-state index contributed by atoms with van der Waals surface area (Å²) in [6.45, 7) is 4.00. The second kappa shape index (κ2) is 9.16. The van der Waals surface area contributed by atoms with Gasteiger partial charge in [0.1, 0.15) is 5.83 Å². The van der Waals surface area contributed by atoms with Crippen molar-refractivity contribution in [1.82, 2.24) is 15.2 Å². The molecule has 154 valence electrons. The Balaban J connectivity index is 1.58. The first-order valence-corrected chi connectivity index (χ1v) is 10.7. The molecule has 0 unspecified atom stereocenters. The van der Waals surface area contributed by atoms with Crippen LogP contribution < -0.4 is 11.1 Å². The van der Waals surface area contributed by atoms with Crippen LogP contribution in [0.4, 0.5) is 4.39 Å². The Kier molecular flexibility index (Phi) is 6.38. The Bertz CT molecular complexity index is 879. The number of hydrogen-bond donors (Lipinski definition) is 2. The van der Waals surface area contributed by atoms with Gasteiger partial charge in [-0.1, -0.05) is 30.3 Å². The van der Waals surface area contributed by atoms with Gasteiger partial charge in [0, 0.05) is 31.9 Å². The summed E-state index contributed by atoms with van der Waals surface area (Å²) in [7, 11) is 0.